The quantitative estimate of drug-likeness (QED) is 0.650. The van der Waals surface area contributed by atoms with Gasteiger partial charge in [-0.3, -0.25) is 4.98 Å². The maximum atomic E-state index is 4.45. The summed E-state index contributed by atoms with van der Waals surface area (Å²) < 4.78 is 1.03. The van der Waals surface area contributed by atoms with Crippen molar-refractivity contribution in [2.45, 2.75) is 0 Å². The van der Waals surface area contributed by atoms with Gasteiger partial charge in [0.25, 0.3) is 0 Å². The minimum Gasteiger partial charge on any atom is -0.256 e. The number of halogens is 1. The van der Waals surface area contributed by atoms with E-state index in [0.29, 0.717) is 0 Å². The predicted octanol–water partition coefficient (Wildman–Crippen LogP) is 4.98. The number of hydrogen-bond donors (Lipinski definition) is 0. The highest BCUT2D eigenvalue weighted by Gasteiger charge is 2.11. The van der Waals surface area contributed by atoms with Gasteiger partial charge in [-0.15, -0.1) is 0 Å². The van der Waals surface area contributed by atoms with Gasteiger partial charge < -0.3 is 0 Å². The molecule has 0 N–H and O–H groups in total. The highest BCUT2D eigenvalue weighted by Crippen LogP contribution is 2.36. The van der Waals surface area contributed by atoms with Gasteiger partial charge in [0.15, 0.2) is 0 Å². The van der Waals surface area contributed by atoms with Crippen LogP contribution >= 0.6 is 15.9 Å². The lowest BCUT2D eigenvalue weighted by Crippen LogP contribution is -1.89. The number of hydrogen-bond acceptors (Lipinski definition) is 1. The van der Waals surface area contributed by atoms with Crippen LogP contribution in [-0.4, -0.2) is 4.98 Å². The van der Waals surface area contributed by atoms with Crippen molar-refractivity contribution < 1.29 is 0 Å². The third kappa shape index (κ3) is 2.45. The molecule has 0 saturated carbocycles. The molecule has 0 saturated heterocycles. The molecule has 0 spiro atoms. The summed E-state index contributed by atoms with van der Waals surface area (Å²) in [7, 11) is 0. The van der Waals surface area contributed by atoms with E-state index in [0.717, 1.165) is 26.9 Å². The van der Waals surface area contributed by atoms with Crippen molar-refractivity contribution in [3.63, 3.8) is 0 Å². The van der Waals surface area contributed by atoms with Crippen LogP contribution in [-0.2, 0) is 0 Å². The van der Waals surface area contributed by atoms with E-state index in [1.165, 1.54) is 0 Å². The lowest BCUT2D eigenvalue weighted by atomic mass is 9.97. The van der Waals surface area contributed by atoms with E-state index in [9.17, 15) is 0 Å². The van der Waals surface area contributed by atoms with Gasteiger partial charge in [0.05, 0.1) is 5.69 Å². The fourth-order valence-electron chi connectivity index (χ4n) is 2.07. The van der Waals surface area contributed by atoms with Crippen molar-refractivity contribution in [3.05, 3.63) is 77.4 Å². The number of pyridine rings is 1. The number of aromatic nitrogens is 1. The van der Waals surface area contributed by atoms with Gasteiger partial charge in [0.1, 0.15) is 0 Å². The van der Waals surface area contributed by atoms with Crippen LogP contribution in [0.1, 0.15) is 0 Å². The molecule has 0 unspecified atom stereocenters. The zero-order chi connectivity index (χ0) is 13.1. The molecule has 0 aliphatic rings. The third-order valence-electron chi connectivity index (χ3n) is 2.93. The van der Waals surface area contributed by atoms with Crippen LogP contribution in [0, 0.1) is 6.07 Å². The highest BCUT2D eigenvalue weighted by molar-refractivity contribution is 9.10. The molecule has 3 rings (SSSR count). The molecule has 1 nitrogen and oxygen atoms in total. The summed E-state index contributed by atoms with van der Waals surface area (Å²) in [4.78, 5) is 4.45. The predicted molar refractivity (Wildman–Crippen MR) is 81.6 cm³/mol. The Hall–Kier alpha value is -1.93. The zero-order valence-corrected chi connectivity index (χ0v) is 11.8. The summed E-state index contributed by atoms with van der Waals surface area (Å²) >= 11 is 3.62. The smallest absolute Gasteiger partial charge is 0.0719 e. The van der Waals surface area contributed by atoms with E-state index >= 15 is 0 Å². The molecule has 0 aliphatic heterocycles. The van der Waals surface area contributed by atoms with Crippen LogP contribution in [0.3, 0.4) is 0 Å². The van der Waals surface area contributed by atoms with E-state index in [-0.39, 0.29) is 0 Å². The molecule has 3 aromatic rings. The Labute approximate surface area is 121 Å². The summed E-state index contributed by atoms with van der Waals surface area (Å²) in [5.74, 6) is 0. The second-order valence-electron chi connectivity index (χ2n) is 4.16. The second kappa shape index (κ2) is 5.37. The van der Waals surface area contributed by atoms with Crippen molar-refractivity contribution in [1.82, 2.24) is 4.98 Å². The molecule has 2 aromatic carbocycles. The number of benzene rings is 2. The maximum Gasteiger partial charge on any atom is 0.0719 e. The molecule has 0 atom stereocenters. The summed E-state index contributed by atoms with van der Waals surface area (Å²) in [6, 6.07) is 23.4. The summed E-state index contributed by atoms with van der Waals surface area (Å²) in [5, 5.41) is 0. The molecular formula is C17H11BrN. The minimum atomic E-state index is 0.949. The van der Waals surface area contributed by atoms with Crippen LogP contribution in [0.5, 0.6) is 0 Å². The topological polar surface area (TPSA) is 12.9 Å². The summed E-state index contributed by atoms with van der Waals surface area (Å²) in [6.45, 7) is 0. The van der Waals surface area contributed by atoms with Crippen molar-refractivity contribution in [1.29, 1.82) is 0 Å². The van der Waals surface area contributed by atoms with Crippen molar-refractivity contribution in [3.8, 4) is 22.4 Å². The molecule has 91 valence electrons. The first-order chi connectivity index (χ1) is 9.36. The molecule has 1 heterocycles. The van der Waals surface area contributed by atoms with E-state index < -0.39 is 0 Å². The number of rotatable bonds is 2. The van der Waals surface area contributed by atoms with Crippen LogP contribution in [0.4, 0.5) is 0 Å². The third-order valence-corrected chi connectivity index (χ3v) is 3.59. The standard InChI is InChI=1S/C17H11BrN/c18-15-10-6-9-14(13-7-2-1-3-8-13)17(15)16-11-4-5-12-19-16/h1-8,10-12H. The lowest BCUT2D eigenvalue weighted by Gasteiger charge is -2.11. The highest BCUT2D eigenvalue weighted by atomic mass is 79.9. The van der Waals surface area contributed by atoms with Crippen LogP contribution in [0.15, 0.2) is 71.3 Å². The molecule has 1 radical (unpaired) electrons. The van der Waals surface area contributed by atoms with Crippen molar-refractivity contribution >= 4 is 15.9 Å². The molecule has 0 aliphatic carbocycles. The molecule has 1 aromatic heterocycles. The average molecular weight is 309 g/mol. The van der Waals surface area contributed by atoms with Gasteiger partial charge in [0, 0.05) is 21.8 Å². The summed E-state index contributed by atoms with van der Waals surface area (Å²) in [6.07, 6.45) is 1.81. The minimum absolute atomic E-state index is 0.949. The lowest BCUT2D eigenvalue weighted by molar-refractivity contribution is 1.32. The fraction of sp³-hybridized carbons (Fsp3) is 0. The Balaban J connectivity index is 2.25. The van der Waals surface area contributed by atoms with Crippen LogP contribution in [0.2, 0.25) is 0 Å². The molecule has 2 heteroatoms. The Bertz CT molecular complexity index is 678. The fourth-order valence-corrected chi connectivity index (χ4v) is 2.60. The zero-order valence-electron chi connectivity index (χ0n) is 10.2. The maximum absolute atomic E-state index is 4.45. The first kappa shape index (κ1) is 12.1. The van der Waals surface area contributed by atoms with E-state index in [1.54, 1.807) is 0 Å². The average Bonchev–Trinajstić information content (AvgIpc) is 2.49. The van der Waals surface area contributed by atoms with E-state index in [2.05, 4.69) is 39.1 Å². The largest absolute Gasteiger partial charge is 0.256 e. The Morgan fingerprint density at radius 3 is 2.42 bits per heavy atom. The first-order valence-electron chi connectivity index (χ1n) is 6.03. The monoisotopic (exact) mass is 308 g/mol. The van der Waals surface area contributed by atoms with E-state index in [4.69, 9.17) is 0 Å². The second-order valence-corrected chi connectivity index (χ2v) is 5.01. The molecule has 19 heavy (non-hydrogen) atoms. The van der Waals surface area contributed by atoms with Crippen molar-refractivity contribution in [2.75, 3.05) is 0 Å². The Morgan fingerprint density at radius 2 is 1.68 bits per heavy atom. The molecule has 0 bridgehead atoms. The molecular weight excluding hydrogens is 298 g/mol. The van der Waals surface area contributed by atoms with E-state index in [1.807, 2.05) is 54.7 Å². The van der Waals surface area contributed by atoms with Crippen molar-refractivity contribution in [2.24, 2.45) is 0 Å². The first-order valence-corrected chi connectivity index (χ1v) is 6.82. The van der Waals surface area contributed by atoms with Gasteiger partial charge in [-0.05, 0) is 29.8 Å². The molecule has 0 fully saturated rings. The van der Waals surface area contributed by atoms with Gasteiger partial charge in [-0.2, -0.15) is 0 Å². The van der Waals surface area contributed by atoms with Gasteiger partial charge >= 0.3 is 0 Å². The number of nitrogens with zero attached hydrogens (tertiary/aromatic N) is 1. The van der Waals surface area contributed by atoms with Crippen LogP contribution in [0.25, 0.3) is 22.4 Å². The normalized spacial score (nSPS) is 10.4. The molecule has 0 amide bonds. The Morgan fingerprint density at radius 1 is 0.895 bits per heavy atom. The SMILES string of the molecule is Brc1cc[c]c(-c2ccccc2)c1-c1ccccn1. The van der Waals surface area contributed by atoms with Gasteiger partial charge in [-0.1, -0.05) is 58.4 Å². The van der Waals surface area contributed by atoms with Crippen LogP contribution < -0.4 is 0 Å². The van der Waals surface area contributed by atoms with Gasteiger partial charge in [0.2, 0.25) is 0 Å². The van der Waals surface area contributed by atoms with Gasteiger partial charge in [-0.25, -0.2) is 0 Å². The Kier molecular flexibility index (Phi) is 3.43. The summed E-state index contributed by atoms with van der Waals surface area (Å²) in [5.41, 5.74) is 4.23.